The van der Waals surface area contributed by atoms with Crippen LogP contribution in [0.25, 0.3) is 0 Å². The number of nitrogens with zero attached hydrogens (tertiary/aromatic N) is 1. The van der Waals surface area contributed by atoms with E-state index in [0.717, 1.165) is 6.42 Å². The van der Waals surface area contributed by atoms with Gasteiger partial charge >= 0.3 is 5.97 Å². The predicted octanol–water partition coefficient (Wildman–Crippen LogP) is 3.24. The van der Waals surface area contributed by atoms with E-state index in [-0.39, 0.29) is 5.91 Å². The molecule has 6 heteroatoms. The van der Waals surface area contributed by atoms with Gasteiger partial charge in [-0.1, -0.05) is 12.1 Å². The van der Waals surface area contributed by atoms with Crippen molar-refractivity contribution in [3.8, 4) is 0 Å². The first kappa shape index (κ1) is 15.7. The highest BCUT2D eigenvalue weighted by Crippen LogP contribution is 2.43. The molecule has 1 aromatic rings. The fourth-order valence-corrected chi connectivity index (χ4v) is 5.79. The van der Waals surface area contributed by atoms with Gasteiger partial charge in [0.25, 0.3) is 5.91 Å². The van der Waals surface area contributed by atoms with Crippen molar-refractivity contribution in [1.29, 1.82) is 0 Å². The lowest BCUT2D eigenvalue weighted by Crippen LogP contribution is -2.40. The lowest BCUT2D eigenvalue weighted by Gasteiger charge is -2.23. The molecule has 118 valence electrons. The Hall–Kier alpha value is -1.14. The molecule has 2 saturated heterocycles. The third-order valence-corrected chi connectivity index (χ3v) is 7.07. The van der Waals surface area contributed by atoms with Gasteiger partial charge in [0.05, 0.1) is 4.58 Å². The number of hydrogen-bond donors (Lipinski definition) is 1. The average Bonchev–Trinajstić information content (AvgIpc) is 3.05. The summed E-state index contributed by atoms with van der Waals surface area (Å²) in [7, 11) is 0. The minimum Gasteiger partial charge on any atom is -0.480 e. The number of aliphatic carboxylic acids is 1. The Labute approximate surface area is 138 Å². The topological polar surface area (TPSA) is 57.6 Å². The minimum absolute atomic E-state index is 0.166. The van der Waals surface area contributed by atoms with Crippen LogP contribution in [0, 0.1) is 0 Å². The van der Waals surface area contributed by atoms with E-state index in [9.17, 15) is 14.7 Å². The van der Waals surface area contributed by atoms with Crippen molar-refractivity contribution in [2.75, 3.05) is 18.1 Å². The summed E-state index contributed by atoms with van der Waals surface area (Å²) in [5.41, 5.74) is 1.82. The van der Waals surface area contributed by atoms with Crippen LogP contribution in [0.4, 0.5) is 0 Å². The Morgan fingerprint density at radius 1 is 1.09 bits per heavy atom. The molecule has 1 atom stereocenters. The van der Waals surface area contributed by atoms with Crippen LogP contribution in [-0.4, -0.2) is 46.0 Å². The molecule has 1 aromatic carbocycles. The molecule has 1 amide bonds. The van der Waals surface area contributed by atoms with Gasteiger partial charge in [0.2, 0.25) is 0 Å². The second kappa shape index (κ2) is 6.96. The highest BCUT2D eigenvalue weighted by atomic mass is 32.2. The van der Waals surface area contributed by atoms with Crippen molar-refractivity contribution in [2.24, 2.45) is 0 Å². The highest BCUT2D eigenvalue weighted by molar-refractivity contribution is 8.16. The second-order valence-electron chi connectivity index (χ2n) is 5.54. The molecule has 0 saturated carbocycles. The van der Waals surface area contributed by atoms with Crippen LogP contribution < -0.4 is 0 Å². The number of thioether (sulfide) groups is 2. The summed E-state index contributed by atoms with van der Waals surface area (Å²) in [5.74, 6) is 1.30. The molecule has 0 aromatic heterocycles. The van der Waals surface area contributed by atoms with Crippen LogP contribution in [0.5, 0.6) is 0 Å². The third-order valence-electron chi connectivity index (χ3n) is 4.06. The molecule has 2 aliphatic rings. The minimum atomic E-state index is -0.905. The molecular formula is C16H19NO3S2. The number of hydrogen-bond acceptors (Lipinski definition) is 4. The summed E-state index contributed by atoms with van der Waals surface area (Å²) in [6, 6.07) is 7.02. The smallest absolute Gasteiger partial charge is 0.326 e. The monoisotopic (exact) mass is 337 g/mol. The predicted molar refractivity (Wildman–Crippen MR) is 90.4 cm³/mol. The maximum atomic E-state index is 12.5. The van der Waals surface area contributed by atoms with E-state index >= 15 is 0 Å². The second-order valence-corrected chi connectivity index (χ2v) is 8.27. The summed E-state index contributed by atoms with van der Waals surface area (Å²) in [5, 5.41) is 9.19. The van der Waals surface area contributed by atoms with E-state index in [1.54, 1.807) is 0 Å². The van der Waals surface area contributed by atoms with Crippen LogP contribution in [0.3, 0.4) is 0 Å². The number of carbonyl (C=O) groups is 2. The zero-order valence-corrected chi connectivity index (χ0v) is 13.9. The maximum absolute atomic E-state index is 12.5. The summed E-state index contributed by atoms with van der Waals surface area (Å²) in [6.45, 7) is 0.534. The number of carbonyl (C=O) groups excluding carboxylic acids is 1. The Balaban J connectivity index is 1.72. The molecule has 3 rings (SSSR count). The molecule has 2 fully saturated rings. The third kappa shape index (κ3) is 3.27. The zero-order valence-electron chi connectivity index (χ0n) is 12.2. The van der Waals surface area contributed by atoms with Crippen LogP contribution in [0.15, 0.2) is 24.3 Å². The van der Waals surface area contributed by atoms with E-state index in [0.29, 0.717) is 23.1 Å². The van der Waals surface area contributed by atoms with Crippen LogP contribution in [-0.2, 0) is 4.79 Å². The molecule has 2 aliphatic heterocycles. The van der Waals surface area contributed by atoms with Gasteiger partial charge in [-0.25, -0.2) is 4.79 Å². The molecule has 4 nitrogen and oxygen atoms in total. The Morgan fingerprint density at radius 2 is 1.77 bits per heavy atom. The summed E-state index contributed by atoms with van der Waals surface area (Å²) in [6.07, 6.45) is 2.57. The Kier molecular flexibility index (Phi) is 4.98. The lowest BCUT2D eigenvalue weighted by atomic mass is 10.1. The number of benzene rings is 1. The van der Waals surface area contributed by atoms with Crippen molar-refractivity contribution < 1.29 is 14.7 Å². The molecule has 2 heterocycles. The number of carboxylic acids is 1. The Morgan fingerprint density at radius 3 is 2.41 bits per heavy atom. The fourth-order valence-electron chi connectivity index (χ4n) is 2.90. The number of amides is 1. The zero-order chi connectivity index (χ0) is 15.5. The van der Waals surface area contributed by atoms with Crippen molar-refractivity contribution in [3.05, 3.63) is 35.4 Å². The maximum Gasteiger partial charge on any atom is 0.326 e. The van der Waals surface area contributed by atoms with Crippen molar-refractivity contribution >= 4 is 35.4 Å². The number of carboxylic acid groups (broad SMARTS) is 1. The van der Waals surface area contributed by atoms with E-state index in [1.807, 2.05) is 47.8 Å². The fraction of sp³-hybridized carbons (Fsp3) is 0.500. The molecule has 0 aliphatic carbocycles. The van der Waals surface area contributed by atoms with Gasteiger partial charge in [-0.05, 0) is 48.5 Å². The molecule has 0 spiro atoms. The van der Waals surface area contributed by atoms with Gasteiger partial charge in [0.15, 0.2) is 0 Å². The van der Waals surface area contributed by atoms with Gasteiger partial charge in [0, 0.05) is 12.1 Å². The van der Waals surface area contributed by atoms with E-state index < -0.39 is 12.0 Å². The van der Waals surface area contributed by atoms with Crippen molar-refractivity contribution in [1.82, 2.24) is 4.90 Å². The van der Waals surface area contributed by atoms with Crippen molar-refractivity contribution in [3.63, 3.8) is 0 Å². The van der Waals surface area contributed by atoms with Gasteiger partial charge < -0.3 is 10.0 Å². The molecule has 1 N–H and O–H groups in total. The average molecular weight is 337 g/mol. The normalized spacial score (nSPS) is 22.7. The first-order valence-corrected chi connectivity index (χ1v) is 9.63. The van der Waals surface area contributed by atoms with Crippen LogP contribution in [0.2, 0.25) is 0 Å². The van der Waals surface area contributed by atoms with Crippen LogP contribution in [0.1, 0.15) is 39.8 Å². The van der Waals surface area contributed by atoms with Gasteiger partial charge in [0.1, 0.15) is 6.04 Å². The summed E-state index contributed by atoms with van der Waals surface area (Å²) < 4.78 is 0.455. The molecular weight excluding hydrogens is 318 g/mol. The first-order chi connectivity index (χ1) is 10.7. The molecule has 0 bridgehead atoms. The SMILES string of the molecule is O=C(O)[C@H]1CCCN1C(=O)c1ccc(C2SCCCS2)cc1. The number of rotatable bonds is 3. The lowest BCUT2D eigenvalue weighted by molar-refractivity contribution is -0.141. The largest absolute Gasteiger partial charge is 0.480 e. The Bertz CT molecular complexity index is 555. The number of likely N-dealkylation sites (tertiary alicyclic amines) is 1. The quantitative estimate of drug-likeness (QED) is 0.917. The van der Waals surface area contributed by atoms with Gasteiger partial charge in [-0.2, -0.15) is 0 Å². The van der Waals surface area contributed by atoms with E-state index in [1.165, 1.54) is 28.4 Å². The van der Waals surface area contributed by atoms with Gasteiger partial charge in [-0.3, -0.25) is 4.79 Å². The summed E-state index contributed by atoms with van der Waals surface area (Å²) >= 11 is 3.90. The van der Waals surface area contributed by atoms with Crippen LogP contribution >= 0.6 is 23.5 Å². The van der Waals surface area contributed by atoms with E-state index in [2.05, 4.69) is 0 Å². The highest BCUT2D eigenvalue weighted by Gasteiger charge is 2.34. The van der Waals surface area contributed by atoms with E-state index in [4.69, 9.17) is 0 Å². The molecule has 0 radical (unpaired) electrons. The standard InChI is InChI=1S/C16H19NO3S2/c18-14(17-8-1-3-13(17)15(19)20)11-4-6-12(7-5-11)16-21-9-2-10-22-16/h4-7,13,16H,1-3,8-10H2,(H,19,20)/t13-/m1/s1. The van der Waals surface area contributed by atoms with Crippen molar-refractivity contribution in [2.45, 2.75) is 29.9 Å². The summed E-state index contributed by atoms with van der Waals surface area (Å²) in [4.78, 5) is 25.2. The molecule has 22 heavy (non-hydrogen) atoms. The molecule has 0 unspecified atom stereocenters. The van der Waals surface area contributed by atoms with Gasteiger partial charge in [-0.15, -0.1) is 23.5 Å². The first-order valence-electron chi connectivity index (χ1n) is 7.54.